The highest BCUT2D eigenvalue weighted by Crippen LogP contribution is 2.48. The number of para-hydroxylation sites is 1. The Morgan fingerprint density at radius 3 is 1.51 bits per heavy atom. The summed E-state index contributed by atoms with van der Waals surface area (Å²) in [5.41, 5.74) is 3.49. The molecule has 0 unspecified atom stereocenters. The van der Waals surface area contributed by atoms with E-state index in [-0.39, 0.29) is 0 Å². The summed E-state index contributed by atoms with van der Waals surface area (Å²) in [4.78, 5) is 2.47. The molecule has 200 valence electrons. The molecule has 0 bridgehead atoms. The minimum Gasteiger partial charge on any atom is -0.309 e. The predicted molar refractivity (Wildman–Crippen MR) is 186 cm³/mol. The average molecular weight is 546 g/mol. The van der Waals surface area contributed by atoms with Gasteiger partial charge >= 0.3 is 0 Å². The van der Waals surface area contributed by atoms with Crippen molar-refractivity contribution in [2.24, 2.45) is 0 Å². The van der Waals surface area contributed by atoms with Crippen LogP contribution in [0.25, 0.3) is 64.6 Å². The fourth-order valence-corrected chi connectivity index (χ4v) is 7.06. The normalized spacial score (nSPS) is 11.7. The largest absolute Gasteiger partial charge is 0.309 e. The average Bonchev–Trinajstić information content (AvgIpc) is 3.08. The van der Waals surface area contributed by atoms with Crippen LogP contribution in [-0.2, 0) is 0 Å². The van der Waals surface area contributed by atoms with Gasteiger partial charge < -0.3 is 4.90 Å². The van der Waals surface area contributed by atoms with Crippen LogP contribution in [0.4, 0.5) is 17.1 Å². The number of nitrogens with zero attached hydrogens (tertiary/aromatic N) is 1. The van der Waals surface area contributed by atoms with E-state index in [1.54, 1.807) is 0 Å². The molecule has 0 saturated carbocycles. The Morgan fingerprint density at radius 1 is 0.279 bits per heavy atom. The van der Waals surface area contributed by atoms with Crippen LogP contribution in [-0.4, -0.2) is 0 Å². The van der Waals surface area contributed by atoms with Gasteiger partial charge in [0.05, 0.1) is 11.4 Å². The van der Waals surface area contributed by atoms with Gasteiger partial charge in [0.2, 0.25) is 0 Å². The molecule has 0 atom stereocenters. The van der Waals surface area contributed by atoms with Gasteiger partial charge in [-0.2, -0.15) is 0 Å². The van der Waals surface area contributed by atoms with Crippen molar-refractivity contribution in [2.45, 2.75) is 0 Å². The third-order valence-corrected chi connectivity index (χ3v) is 8.95. The molecule has 9 aromatic carbocycles. The lowest BCUT2D eigenvalue weighted by atomic mass is 9.91. The van der Waals surface area contributed by atoms with Gasteiger partial charge in [0.1, 0.15) is 0 Å². The van der Waals surface area contributed by atoms with Crippen LogP contribution in [0.3, 0.4) is 0 Å². The summed E-state index contributed by atoms with van der Waals surface area (Å²) in [6, 6.07) is 59.9. The molecule has 43 heavy (non-hydrogen) atoms. The highest BCUT2D eigenvalue weighted by Gasteiger charge is 2.21. The second-order valence-corrected chi connectivity index (χ2v) is 11.3. The van der Waals surface area contributed by atoms with Crippen molar-refractivity contribution in [1.29, 1.82) is 0 Å². The molecule has 0 aliphatic carbocycles. The molecule has 0 amide bonds. The molecular formula is C42H27N. The predicted octanol–water partition coefficient (Wildman–Crippen LogP) is 12.1. The van der Waals surface area contributed by atoms with E-state index >= 15 is 0 Å². The molecule has 0 aliphatic rings. The Kier molecular flexibility index (Phi) is 5.27. The van der Waals surface area contributed by atoms with E-state index in [0.717, 1.165) is 5.69 Å². The van der Waals surface area contributed by atoms with Crippen molar-refractivity contribution in [1.82, 2.24) is 0 Å². The Balaban J connectivity index is 1.49. The van der Waals surface area contributed by atoms with Gasteiger partial charge in [-0.15, -0.1) is 0 Å². The summed E-state index contributed by atoms with van der Waals surface area (Å²) in [6.45, 7) is 0. The zero-order valence-corrected chi connectivity index (χ0v) is 23.5. The summed E-state index contributed by atoms with van der Waals surface area (Å²) in [5.74, 6) is 0. The third kappa shape index (κ3) is 3.65. The van der Waals surface area contributed by atoms with E-state index in [9.17, 15) is 0 Å². The molecule has 0 spiro atoms. The Bertz CT molecular complexity index is 2510. The zero-order valence-electron chi connectivity index (χ0n) is 23.5. The maximum Gasteiger partial charge on any atom is 0.0546 e. The van der Waals surface area contributed by atoms with Crippen LogP contribution < -0.4 is 4.90 Å². The molecule has 0 aliphatic heterocycles. The van der Waals surface area contributed by atoms with E-state index in [0.29, 0.717) is 0 Å². The minimum atomic E-state index is 1.14. The number of rotatable bonds is 3. The van der Waals surface area contributed by atoms with Crippen LogP contribution in [0.15, 0.2) is 164 Å². The maximum absolute atomic E-state index is 2.47. The van der Waals surface area contributed by atoms with Gasteiger partial charge in [0, 0.05) is 21.8 Å². The lowest BCUT2D eigenvalue weighted by Crippen LogP contribution is -2.11. The topological polar surface area (TPSA) is 3.24 Å². The molecular weight excluding hydrogens is 518 g/mol. The van der Waals surface area contributed by atoms with Gasteiger partial charge in [-0.1, -0.05) is 140 Å². The summed E-state index contributed by atoms with van der Waals surface area (Å²) in [5, 5.41) is 15.2. The fraction of sp³-hybridized carbons (Fsp3) is 0. The van der Waals surface area contributed by atoms with Crippen molar-refractivity contribution in [2.75, 3.05) is 4.90 Å². The van der Waals surface area contributed by atoms with Crippen molar-refractivity contribution < 1.29 is 0 Å². The quantitative estimate of drug-likeness (QED) is 0.200. The van der Waals surface area contributed by atoms with Gasteiger partial charge in [0.15, 0.2) is 0 Å². The van der Waals surface area contributed by atoms with Crippen LogP contribution in [0.5, 0.6) is 0 Å². The smallest absolute Gasteiger partial charge is 0.0546 e. The van der Waals surface area contributed by atoms with Crippen LogP contribution in [0.1, 0.15) is 0 Å². The summed E-state index contributed by atoms with van der Waals surface area (Å²) < 4.78 is 0. The highest BCUT2D eigenvalue weighted by atomic mass is 15.1. The van der Waals surface area contributed by atoms with E-state index in [1.807, 2.05) is 0 Å². The van der Waals surface area contributed by atoms with E-state index in [1.165, 1.54) is 76.0 Å². The summed E-state index contributed by atoms with van der Waals surface area (Å²) >= 11 is 0. The monoisotopic (exact) mass is 545 g/mol. The van der Waals surface area contributed by atoms with E-state index < -0.39 is 0 Å². The Labute approximate surface area is 249 Å². The summed E-state index contributed by atoms with van der Waals surface area (Å²) in [6.07, 6.45) is 0. The molecule has 9 rings (SSSR count). The van der Waals surface area contributed by atoms with Gasteiger partial charge in [-0.3, -0.25) is 0 Å². The Hall–Kier alpha value is -5.66. The van der Waals surface area contributed by atoms with Crippen molar-refractivity contribution in [3.8, 4) is 0 Å². The first-order valence-electron chi connectivity index (χ1n) is 14.9. The standard InChI is InChI=1S/C42H27N/c1-2-15-32(16-3-1)43(39-26-30-14-6-7-17-33(30)36-20-10-11-21-37(36)39)40-27-31-23-22-28-12-4-8-18-34(28)41(31)42-35-19-9-5-13-29(35)24-25-38(40)42/h1-27H. The first kappa shape index (κ1) is 24.0. The number of hydrogen-bond donors (Lipinski definition) is 0. The van der Waals surface area contributed by atoms with Crippen molar-refractivity contribution in [3.63, 3.8) is 0 Å². The molecule has 0 heterocycles. The molecule has 0 fully saturated rings. The van der Waals surface area contributed by atoms with Crippen molar-refractivity contribution >= 4 is 81.7 Å². The number of hydrogen-bond acceptors (Lipinski definition) is 1. The minimum absolute atomic E-state index is 1.14. The molecule has 1 nitrogen and oxygen atoms in total. The third-order valence-electron chi connectivity index (χ3n) is 8.95. The van der Waals surface area contributed by atoms with Gasteiger partial charge in [0.25, 0.3) is 0 Å². The van der Waals surface area contributed by atoms with Gasteiger partial charge in [-0.25, -0.2) is 0 Å². The SMILES string of the molecule is c1ccc(N(c2cc3ccccc3c3ccccc23)c2cc3ccc4ccccc4c3c3c2ccc2ccccc23)cc1. The zero-order chi connectivity index (χ0) is 28.3. The number of anilines is 3. The lowest BCUT2D eigenvalue weighted by Gasteiger charge is -2.29. The van der Waals surface area contributed by atoms with E-state index in [4.69, 9.17) is 0 Å². The molecule has 0 aromatic heterocycles. The molecule has 0 N–H and O–H groups in total. The second kappa shape index (κ2) is 9.44. The Morgan fingerprint density at radius 2 is 0.767 bits per heavy atom. The van der Waals surface area contributed by atoms with E-state index in [2.05, 4.69) is 169 Å². The lowest BCUT2D eigenvalue weighted by molar-refractivity contribution is 1.32. The van der Waals surface area contributed by atoms with Crippen LogP contribution in [0.2, 0.25) is 0 Å². The second-order valence-electron chi connectivity index (χ2n) is 11.3. The molecule has 1 heteroatoms. The molecule has 9 aromatic rings. The molecule has 0 saturated heterocycles. The van der Waals surface area contributed by atoms with Crippen LogP contribution >= 0.6 is 0 Å². The number of fused-ring (bicyclic) bond motifs is 10. The van der Waals surface area contributed by atoms with Crippen molar-refractivity contribution in [3.05, 3.63) is 164 Å². The molecule has 0 radical (unpaired) electrons. The summed E-state index contributed by atoms with van der Waals surface area (Å²) in [7, 11) is 0. The van der Waals surface area contributed by atoms with Gasteiger partial charge in [-0.05, 0) is 72.7 Å². The van der Waals surface area contributed by atoms with Crippen LogP contribution in [0, 0.1) is 0 Å². The first-order valence-corrected chi connectivity index (χ1v) is 14.9. The fourth-order valence-electron chi connectivity index (χ4n) is 7.06. The highest BCUT2D eigenvalue weighted by molar-refractivity contribution is 6.31. The maximum atomic E-state index is 2.47. The first-order chi connectivity index (χ1) is 21.3. The number of benzene rings is 9.